The average molecular weight is 253 g/mol. The second-order valence-electron chi connectivity index (χ2n) is 3.79. The second-order valence-corrected chi connectivity index (χ2v) is 5.57. The van der Waals surface area contributed by atoms with Gasteiger partial charge in [-0.3, -0.25) is 14.6 Å². The molecule has 0 aliphatic carbocycles. The van der Waals surface area contributed by atoms with Gasteiger partial charge in [0.05, 0.1) is 0 Å². The van der Waals surface area contributed by atoms with E-state index in [0.29, 0.717) is 12.8 Å². The Morgan fingerprint density at radius 3 is 2.00 bits per heavy atom. The van der Waals surface area contributed by atoms with E-state index >= 15 is 0 Å². The van der Waals surface area contributed by atoms with Crippen LogP contribution in [0.4, 0.5) is 0 Å². The van der Waals surface area contributed by atoms with Gasteiger partial charge >= 0.3 is 7.60 Å². The Hall–Kier alpha value is -0.420. The Morgan fingerprint density at radius 1 is 1.00 bits per heavy atom. The summed E-state index contributed by atoms with van der Waals surface area (Å²) in [6, 6.07) is 0. The summed E-state index contributed by atoms with van der Waals surface area (Å²) in [4.78, 5) is 27.8. The number of hydrogen-bond donors (Lipinski definition) is 4. The highest BCUT2D eigenvalue weighted by Crippen LogP contribution is 2.35. The molecule has 0 aromatic carbocycles. The van der Waals surface area contributed by atoms with Crippen molar-refractivity contribution in [1.29, 1.82) is 0 Å². The fourth-order valence-corrected chi connectivity index (χ4v) is 2.00. The normalized spacial score (nSPS) is 11.4. The monoisotopic (exact) mass is 253 g/mol. The van der Waals surface area contributed by atoms with Gasteiger partial charge in [-0.1, -0.05) is 25.7 Å². The van der Waals surface area contributed by atoms with Crippen LogP contribution in [0.1, 0.15) is 44.9 Å². The van der Waals surface area contributed by atoms with E-state index in [1.807, 2.05) is 0 Å². The van der Waals surface area contributed by atoms with Crippen molar-refractivity contribution in [2.24, 2.45) is 0 Å². The Morgan fingerprint density at radius 2 is 1.50 bits per heavy atom. The minimum absolute atomic E-state index is 0.0417. The van der Waals surface area contributed by atoms with Crippen LogP contribution in [-0.2, 0) is 9.36 Å². The van der Waals surface area contributed by atoms with Crippen molar-refractivity contribution in [1.82, 2.24) is 5.48 Å². The van der Waals surface area contributed by atoms with Crippen LogP contribution >= 0.6 is 7.60 Å². The number of carbonyl (C=O) groups excluding carboxylic acids is 1. The van der Waals surface area contributed by atoms with Crippen molar-refractivity contribution in [2.45, 2.75) is 44.9 Å². The number of nitrogens with one attached hydrogen (secondary N) is 1. The van der Waals surface area contributed by atoms with E-state index in [-0.39, 0.29) is 12.1 Å². The molecule has 0 spiro atoms. The van der Waals surface area contributed by atoms with Crippen LogP contribution in [0.3, 0.4) is 0 Å². The predicted molar refractivity (Wildman–Crippen MR) is 59.2 cm³/mol. The van der Waals surface area contributed by atoms with Gasteiger partial charge in [0, 0.05) is 12.6 Å². The lowest BCUT2D eigenvalue weighted by Crippen LogP contribution is -2.17. The molecule has 4 N–H and O–H groups in total. The van der Waals surface area contributed by atoms with Crippen molar-refractivity contribution in [3.05, 3.63) is 0 Å². The fourth-order valence-electron chi connectivity index (χ4n) is 1.37. The molecule has 0 rings (SSSR count). The summed E-state index contributed by atoms with van der Waals surface area (Å²) in [5.74, 6) is -0.374. The molecule has 0 unspecified atom stereocenters. The molecule has 0 aromatic rings. The zero-order chi connectivity index (χ0) is 12.4. The van der Waals surface area contributed by atoms with Crippen LogP contribution in [0.25, 0.3) is 0 Å². The van der Waals surface area contributed by atoms with E-state index in [9.17, 15) is 9.36 Å². The van der Waals surface area contributed by atoms with E-state index in [2.05, 4.69) is 0 Å². The first-order chi connectivity index (χ1) is 7.45. The molecule has 0 radical (unpaired) electrons. The number of rotatable bonds is 9. The fraction of sp³-hybridized carbons (Fsp3) is 0.889. The Labute approximate surface area is 95.2 Å². The first kappa shape index (κ1) is 15.6. The van der Waals surface area contributed by atoms with Crippen LogP contribution in [0.5, 0.6) is 0 Å². The summed E-state index contributed by atoms with van der Waals surface area (Å²) in [7, 11) is -3.82. The Kier molecular flexibility index (Phi) is 8.47. The van der Waals surface area contributed by atoms with Gasteiger partial charge in [0.2, 0.25) is 5.91 Å². The van der Waals surface area contributed by atoms with Gasteiger partial charge in [-0.05, 0) is 12.8 Å². The molecule has 96 valence electrons. The molecule has 0 bridgehead atoms. The molecule has 0 fully saturated rings. The average Bonchev–Trinajstić information content (AvgIpc) is 2.20. The maximum absolute atomic E-state index is 10.6. The molecule has 0 atom stereocenters. The van der Waals surface area contributed by atoms with E-state index in [1.165, 1.54) is 0 Å². The maximum atomic E-state index is 10.6. The summed E-state index contributed by atoms with van der Waals surface area (Å²) < 4.78 is 10.5. The van der Waals surface area contributed by atoms with Crippen LogP contribution < -0.4 is 5.48 Å². The largest absolute Gasteiger partial charge is 0.325 e. The zero-order valence-electron chi connectivity index (χ0n) is 9.26. The summed E-state index contributed by atoms with van der Waals surface area (Å²) >= 11 is 0. The van der Waals surface area contributed by atoms with Gasteiger partial charge in [-0.15, -0.1) is 0 Å². The molecule has 0 saturated carbocycles. The van der Waals surface area contributed by atoms with E-state index in [1.54, 1.807) is 5.48 Å². The number of hydroxylamine groups is 1. The smallest absolute Gasteiger partial charge is 0.324 e. The van der Waals surface area contributed by atoms with Crippen molar-refractivity contribution >= 4 is 13.5 Å². The topological polar surface area (TPSA) is 107 Å². The van der Waals surface area contributed by atoms with E-state index < -0.39 is 7.60 Å². The first-order valence-electron chi connectivity index (χ1n) is 5.43. The molecular weight excluding hydrogens is 233 g/mol. The minimum Gasteiger partial charge on any atom is -0.324 e. The molecular formula is C9H20NO5P. The van der Waals surface area contributed by atoms with Gasteiger partial charge < -0.3 is 9.79 Å². The van der Waals surface area contributed by atoms with Crippen LogP contribution in [0, 0.1) is 0 Å². The van der Waals surface area contributed by atoms with Crippen LogP contribution in [0.2, 0.25) is 0 Å². The third kappa shape index (κ3) is 11.7. The lowest BCUT2D eigenvalue weighted by atomic mass is 10.1. The lowest BCUT2D eigenvalue weighted by molar-refractivity contribution is -0.129. The number of carbonyl (C=O) groups is 1. The molecule has 0 heterocycles. The van der Waals surface area contributed by atoms with Gasteiger partial charge in [0.1, 0.15) is 0 Å². The molecule has 7 heteroatoms. The van der Waals surface area contributed by atoms with Crippen molar-refractivity contribution in [3.8, 4) is 0 Å². The van der Waals surface area contributed by atoms with Crippen molar-refractivity contribution in [3.63, 3.8) is 0 Å². The third-order valence-corrected chi connectivity index (χ3v) is 3.13. The van der Waals surface area contributed by atoms with Crippen LogP contribution in [-0.4, -0.2) is 27.1 Å². The van der Waals surface area contributed by atoms with E-state index in [0.717, 1.165) is 32.1 Å². The van der Waals surface area contributed by atoms with Gasteiger partial charge in [-0.2, -0.15) is 0 Å². The standard InChI is InChI=1S/C9H20NO5P/c11-9(10-12)7-5-3-1-2-4-6-8-16(13,14)15/h12H,1-8H2,(H,10,11)(H2,13,14,15). The molecule has 0 saturated heterocycles. The summed E-state index contributed by atoms with van der Waals surface area (Å²) in [5.41, 5.74) is 1.57. The maximum Gasteiger partial charge on any atom is 0.325 e. The molecule has 0 aromatic heterocycles. The molecule has 0 aliphatic rings. The first-order valence-corrected chi connectivity index (χ1v) is 7.23. The zero-order valence-corrected chi connectivity index (χ0v) is 10.2. The highest BCUT2D eigenvalue weighted by Gasteiger charge is 2.10. The second kappa shape index (κ2) is 8.70. The minimum atomic E-state index is -3.82. The summed E-state index contributed by atoms with van der Waals surface area (Å²) in [6.07, 6.45) is 5.10. The highest BCUT2D eigenvalue weighted by molar-refractivity contribution is 7.51. The van der Waals surface area contributed by atoms with Gasteiger partial charge in [-0.25, -0.2) is 5.48 Å². The van der Waals surface area contributed by atoms with Crippen LogP contribution in [0.15, 0.2) is 0 Å². The Bertz CT molecular complexity index is 240. The SMILES string of the molecule is O=C(CCCCCCCCP(=O)(O)O)NO. The summed E-state index contributed by atoms with van der Waals surface area (Å²) in [6.45, 7) is 0. The van der Waals surface area contributed by atoms with Crippen molar-refractivity contribution < 1.29 is 24.4 Å². The predicted octanol–water partition coefficient (Wildman–Crippen LogP) is 1.40. The Balaban J connectivity index is 3.16. The number of unbranched alkanes of at least 4 members (excludes halogenated alkanes) is 5. The molecule has 1 amide bonds. The number of amides is 1. The lowest BCUT2D eigenvalue weighted by Gasteiger charge is -2.03. The molecule has 16 heavy (non-hydrogen) atoms. The highest BCUT2D eigenvalue weighted by atomic mass is 31.2. The third-order valence-electron chi connectivity index (χ3n) is 2.23. The molecule has 0 aliphatic heterocycles. The van der Waals surface area contributed by atoms with E-state index in [4.69, 9.17) is 15.0 Å². The molecule has 6 nitrogen and oxygen atoms in total. The summed E-state index contributed by atoms with van der Waals surface area (Å²) in [5, 5.41) is 8.21. The van der Waals surface area contributed by atoms with Gasteiger partial charge in [0.25, 0.3) is 0 Å². The quantitative estimate of drug-likeness (QED) is 0.215. The number of hydrogen-bond acceptors (Lipinski definition) is 3. The van der Waals surface area contributed by atoms with Crippen molar-refractivity contribution in [2.75, 3.05) is 6.16 Å². The van der Waals surface area contributed by atoms with Gasteiger partial charge in [0.15, 0.2) is 0 Å².